The molecule has 1 rings (SSSR count). The number of pyridine rings is 1. The van der Waals surface area contributed by atoms with Gasteiger partial charge in [0.15, 0.2) is 5.75 Å². The van der Waals surface area contributed by atoms with Gasteiger partial charge in [0, 0.05) is 44.6 Å². The molecule has 0 aliphatic heterocycles. The van der Waals surface area contributed by atoms with E-state index in [9.17, 15) is 14.4 Å². The molecule has 8 nitrogen and oxygen atoms in total. The number of halogens is 1. The number of nitrogens with zero attached hydrogens (tertiary/aromatic N) is 1. The summed E-state index contributed by atoms with van der Waals surface area (Å²) in [5, 5.41) is 3.25. The molecule has 27 heavy (non-hydrogen) atoms. The number of esters is 3. The molecule has 0 saturated heterocycles. The first-order chi connectivity index (χ1) is 12.0. The Kier molecular flexibility index (Phi) is 9.96. The number of nitrogens with one attached hydrogen (secondary N) is 1. The monoisotopic (exact) mass is 402 g/mol. The fourth-order valence-electron chi connectivity index (χ4n) is 2.11. The molecule has 0 saturated carbocycles. The van der Waals surface area contributed by atoms with Crippen molar-refractivity contribution < 1.29 is 28.6 Å². The molecule has 1 unspecified atom stereocenters. The number of aromatic nitrogens is 1. The normalized spacial score (nSPS) is 11.8. The van der Waals surface area contributed by atoms with Crippen LogP contribution in [0.4, 0.5) is 0 Å². The fourth-order valence-corrected chi connectivity index (χ4v) is 2.11. The average Bonchev–Trinajstić information content (AvgIpc) is 2.48. The van der Waals surface area contributed by atoms with Gasteiger partial charge < -0.3 is 19.5 Å². The second-order valence-electron chi connectivity index (χ2n) is 6.78. The second-order valence-corrected chi connectivity index (χ2v) is 6.78. The Bertz CT molecular complexity index is 672. The predicted octanol–water partition coefficient (Wildman–Crippen LogP) is 2.48. The van der Waals surface area contributed by atoms with Gasteiger partial charge in [-0.15, -0.1) is 12.4 Å². The highest BCUT2D eigenvalue weighted by molar-refractivity contribution is 5.85. The lowest BCUT2D eigenvalue weighted by molar-refractivity contribution is -0.146. The molecule has 1 aromatic heterocycles. The Morgan fingerprint density at radius 3 is 2.22 bits per heavy atom. The van der Waals surface area contributed by atoms with Crippen LogP contribution in [0, 0.1) is 0 Å². The molecule has 1 heterocycles. The average molecular weight is 403 g/mol. The van der Waals surface area contributed by atoms with Crippen molar-refractivity contribution in [2.75, 3.05) is 6.54 Å². The smallest absolute Gasteiger partial charge is 0.308 e. The van der Waals surface area contributed by atoms with Crippen molar-refractivity contribution in [3.8, 4) is 5.75 Å². The van der Waals surface area contributed by atoms with E-state index in [1.807, 2.05) is 20.8 Å². The molecule has 9 heteroatoms. The molecule has 0 bridgehead atoms. The van der Waals surface area contributed by atoms with Crippen LogP contribution in [0.5, 0.6) is 5.75 Å². The summed E-state index contributed by atoms with van der Waals surface area (Å²) in [6.07, 6.45) is 0.773. The van der Waals surface area contributed by atoms with Crippen LogP contribution in [0.1, 0.15) is 58.9 Å². The largest absolute Gasteiger partial charge is 0.459 e. The first kappa shape index (κ1) is 24.8. The summed E-state index contributed by atoms with van der Waals surface area (Å²) in [6.45, 7) is 9.89. The lowest BCUT2D eigenvalue weighted by Crippen LogP contribution is -2.39. The van der Waals surface area contributed by atoms with Crippen molar-refractivity contribution in [3.05, 3.63) is 23.5 Å². The van der Waals surface area contributed by atoms with Crippen LogP contribution >= 0.6 is 12.4 Å². The third-order valence-electron chi connectivity index (χ3n) is 3.14. The summed E-state index contributed by atoms with van der Waals surface area (Å²) in [7, 11) is 0. The maximum absolute atomic E-state index is 11.5. The van der Waals surface area contributed by atoms with E-state index in [4.69, 9.17) is 14.2 Å². The maximum atomic E-state index is 11.5. The number of rotatable bonds is 7. The fraction of sp³-hybridized carbons (Fsp3) is 0.556. The number of ether oxygens (including phenoxy) is 3. The van der Waals surface area contributed by atoms with Crippen LogP contribution in [-0.4, -0.2) is 35.0 Å². The molecule has 1 N–H and O–H groups in total. The molecular weight excluding hydrogens is 376 g/mol. The summed E-state index contributed by atoms with van der Waals surface area (Å²) in [5.74, 6) is -1.40. The predicted molar refractivity (Wildman–Crippen MR) is 101 cm³/mol. The van der Waals surface area contributed by atoms with Crippen molar-refractivity contribution >= 4 is 30.3 Å². The van der Waals surface area contributed by atoms with Crippen LogP contribution in [0.2, 0.25) is 0 Å². The molecule has 0 radical (unpaired) electrons. The van der Waals surface area contributed by atoms with Crippen LogP contribution in [0.3, 0.4) is 0 Å². The quantitative estimate of drug-likeness (QED) is 0.693. The third-order valence-corrected chi connectivity index (χ3v) is 3.14. The number of carbonyl (C=O) groups excluding carboxylic acids is 3. The van der Waals surface area contributed by atoms with Gasteiger partial charge in [-0.1, -0.05) is 0 Å². The van der Waals surface area contributed by atoms with Crippen molar-refractivity contribution in [1.29, 1.82) is 0 Å². The summed E-state index contributed by atoms with van der Waals surface area (Å²) in [4.78, 5) is 38.3. The van der Waals surface area contributed by atoms with Gasteiger partial charge in [0.2, 0.25) is 0 Å². The van der Waals surface area contributed by atoms with Gasteiger partial charge in [-0.25, -0.2) is 0 Å². The molecule has 0 aliphatic carbocycles. The Morgan fingerprint density at radius 2 is 1.74 bits per heavy atom. The van der Waals surface area contributed by atoms with Gasteiger partial charge in [-0.2, -0.15) is 0 Å². The van der Waals surface area contributed by atoms with E-state index in [1.165, 1.54) is 27.0 Å². The van der Waals surface area contributed by atoms with Gasteiger partial charge in [-0.3, -0.25) is 19.4 Å². The van der Waals surface area contributed by atoms with Crippen molar-refractivity contribution in [2.24, 2.45) is 0 Å². The molecule has 0 aliphatic rings. The zero-order chi connectivity index (χ0) is 19.9. The molecule has 0 fully saturated rings. The molecular formula is C18H27ClN2O6. The summed E-state index contributed by atoms with van der Waals surface area (Å²) >= 11 is 0. The van der Waals surface area contributed by atoms with E-state index >= 15 is 0 Å². The molecule has 0 aromatic carbocycles. The van der Waals surface area contributed by atoms with Gasteiger partial charge >= 0.3 is 17.9 Å². The highest BCUT2D eigenvalue weighted by Gasteiger charge is 2.25. The van der Waals surface area contributed by atoms with E-state index in [0.717, 1.165) is 0 Å². The summed E-state index contributed by atoms with van der Waals surface area (Å²) < 4.78 is 15.7. The minimum atomic E-state index is -0.708. The van der Waals surface area contributed by atoms with E-state index in [1.54, 1.807) is 6.07 Å². The third kappa shape index (κ3) is 9.35. The lowest BCUT2D eigenvalue weighted by Gasteiger charge is -2.26. The molecule has 152 valence electrons. The zero-order valence-corrected chi connectivity index (χ0v) is 17.3. The summed E-state index contributed by atoms with van der Waals surface area (Å²) in [5.41, 5.74) is 0.512. The molecule has 1 aromatic rings. The number of hydrogen-bond donors (Lipinski definition) is 1. The number of hydrogen-bond acceptors (Lipinski definition) is 8. The second kappa shape index (κ2) is 10.8. The minimum absolute atomic E-state index is 0. The Labute approximate surface area is 165 Å². The van der Waals surface area contributed by atoms with E-state index in [-0.39, 0.29) is 36.0 Å². The Morgan fingerprint density at radius 1 is 1.11 bits per heavy atom. The van der Waals surface area contributed by atoms with Gasteiger partial charge in [0.1, 0.15) is 18.4 Å². The van der Waals surface area contributed by atoms with Crippen molar-refractivity contribution in [2.45, 2.75) is 59.8 Å². The van der Waals surface area contributed by atoms with Gasteiger partial charge in [0.25, 0.3) is 0 Å². The maximum Gasteiger partial charge on any atom is 0.308 e. The van der Waals surface area contributed by atoms with Crippen molar-refractivity contribution in [1.82, 2.24) is 10.3 Å². The standard InChI is InChI=1S/C18H26N2O6.ClH/c1-11(21)24-10-15-17(26-13(3)23)14(7-8-19-15)16(25-12(2)22)9-20-18(4,5)6;/h7-8,16,20H,9-10H2,1-6H3;1H. The SMILES string of the molecule is CC(=O)OCc1nccc(C(CNC(C)(C)C)OC(C)=O)c1OC(C)=O.Cl. The molecule has 0 spiro atoms. The van der Waals surface area contributed by atoms with E-state index in [2.05, 4.69) is 10.3 Å². The topological polar surface area (TPSA) is 104 Å². The van der Waals surface area contributed by atoms with Crippen LogP contribution < -0.4 is 10.1 Å². The van der Waals surface area contributed by atoms with E-state index in [0.29, 0.717) is 12.1 Å². The summed E-state index contributed by atoms with van der Waals surface area (Å²) in [6, 6.07) is 1.60. The number of carbonyl (C=O) groups is 3. The first-order valence-electron chi connectivity index (χ1n) is 8.21. The highest BCUT2D eigenvalue weighted by Crippen LogP contribution is 2.31. The van der Waals surface area contributed by atoms with Crippen LogP contribution in [0.15, 0.2) is 12.3 Å². The minimum Gasteiger partial charge on any atom is -0.459 e. The Balaban J connectivity index is 0.00000676. The lowest BCUT2D eigenvalue weighted by atomic mass is 10.0. The first-order valence-corrected chi connectivity index (χ1v) is 8.21. The molecule has 0 amide bonds. The Hall–Kier alpha value is -2.19. The highest BCUT2D eigenvalue weighted by atomic mass is 35.5. The zero-order valence-electron chi connectivity index (χ0n) is 16.5. The van der Waals surface area contributed by atoms with E-state index < -0.39 is 24.0 Å². The molecule has 1 atom stereocenters. The van der Waals surface area contributed by atoms with Gasteiger partial charge in [0.05, 0.1) is 0 Å². The van der Waals surface area contributed by atoms with Gasteiger partial charge in [-0.05, 0) is 26.8 Å². The van der Waals surface area contributed by atoms with Crippen molar-refractivity contribution in [3.63, 3.8) is 0 Å². The van der Waals surface area contributed by atoms with Crippen LogP contribution in [-0.2, 0) is 30.5 Å². The van der Waals surface area contributed by atoms with Crippen LogP contribution in [0.25, 0.3) is 0 Å².